The minimum atomic E-state index is -4.43. The van der Waals surface area contributed by atoms with Crippen molar-refractivity contribution in [2.45, 2.75) is 18.5 Å². The van der Waals surface area contributed by atoms with Crippen molar-refractivity contribution in [3.63, 3.8) is 0 Å². The Hall–Kier alpha value is -2.50. The highest BCUT2D eigenvalue weighted by Crippen LogP contribution is 2.44. The topological polar surface area (TPSA) is 55.1 Å². The molecule has 0 radical (unpaired) electrons. The Morgan fingerprint density at radius 3 is 2.55 bits per heavy atom. The van der Waals surface area contributed by atoms with Crippen molar-refractivity contribution in [2.24, 2.45) is 0 Å². The van der Waals surface area contributed by atoms with Crippen molar-refractivity contribution >= 4 is 17.3 Å². The second-order valence-corrected chi connectivity index (χ2v) is 5.22. The fourth-order valence-corrected chi connectivity index (χ4v) is 2.80. The molecule has 0 saturated heterocycles. The van der Waals surface area contributed by atoms with Gasteiger partial charge in [-0.3, -0.25) is 4.79 Å². The largest absolute Gasteiger partial charge is 0.398 e. The van der Waals surface area contributed by atoms with Gasteiger partial charge in [0.1, 0.15) is 0 Å². The number of benzene rings is 2. The summed E-state index contributed by atoms with van der Waals surface area (Å²) >= 11 is 0. The molecule has 3 rings (SSSR count). The SMILES string of the molecule is Nc1cccc2c1-c1ccccc1C(CC(F)(F)F)C(=O)N2. The number of alkyl halides is 3. The molecule has 0 saturated carbocycles. The Bertz CT molecular complexity index is 740. The molecule has 22 heavy (non-hydrogen) atoms. The number of nitrogens with two attached hydrogens (primary N) is 1. The predicted octanol–water partition coefficient (Wildman–Crippen LogP) is 3.92. The van der Waals surface area contributed by atoms with Gasteiger partial charge in [-0.1, -0.05) is 30.3 Å². The number of carbonyl (C=O) groups excluding carboxylic acids is 1. The van der Waals surface area contributed by atoms with Crippen LogP contribution in [0.4, 0.5) is 24.5 Å². The zero-order chi connectivity index (χ0) is 15.9. The van der Waals surface area contributed by atoms with E-state index in [1.54, 1.807) is 42.5 Å². The molecule has 1 amide bonds. The van der Waals surface area contributed by atoms with Crippen LogP contribution in [-0.2, 0) is 4.79 Å². The van der Waals surface area contributed by atoms with Crippen LogP contribution >= 0.6 is 0 Å². The van der Waals surface area contributed by atoms with Gasteiger partial charge in [-0.15, -0.1) is 0 Å². The van der Waals surface area contributed by atoms with E-state index in [2.05, 4.69) is 5.32 Å². The monoisotopic (exact) mass is 306 g/mol. The highest BCUT2D eigenvalue weighted by molar-refractivity contribution is 6.05. The molecule has 3 nitrogen and oxygen atoms in total. The third-order valence-corrected chi connectivity index (χ3v) is 3.71. The maximum Gasteiger partial charge on any atom is 0.390 e. The van der Waals surface area contributed by atoms with Crippen LogP contribution in [0.25, 0.3) is 11.1 Å². The number of halogens is 3. The van der Waals surface area contributed by atoms with E-state index in [-0.39, 0.29) is 0 Å². The normalized spacial score (nSPS) is 17.2. The lowest BCUT2D eigenvalue weighted by molar-refractivity contribution is -0.145. The Morgan fingerprint density at radius 1 is 1.09 bits per heavy atom. The standard InChI is InChI=1S/C16H13F3N2O/c17-16(18,19)8-11-9-4-1-2-5-10(9)14-12(20)6-3-7-13(14)21-15(11)22/h1-7,11H,8,20H2,(H,21,22). The number of nitrogens with one attached hydrogen (secondary N) is 1. The number of fused-ring (bicyclic) bond motifs is 3. The third-order valence-electron chi connectivity index (χ3n) is 3.71. The van der Waals surface area contributed by atoms with Gasteiger partial charge in [-0.25, -0.2) is 0 Å². The first-order valence-electron chi connectivity index (χ1n) is 6.72. The number of hydrogen-bond acceptors (Lipinski definition) is 2. The number of anilines is 2. The van der Waals surface area contributed by atoms with Gasteiger partial charge >= 0.3 is 6.18 Å². The summed E-state index contributed by atoms with van der Waals surface area (Å²) in [6.07, 6.45) is -5.64. The second kappa shape index (κ2) is 5.05. The summed E-state index contributed by atoms with van der Waals surface area (Å²) in [4.78, 5) is 12.3. The van der Waals surface area contributed by atoms with E-state index in [0.717, 1.165) is 0 Å². The molecule has 3 N–H and O–H groups in total. The second-order valence-electron chi connectivity index (χ2n) is 5.22. The van der Waals surface area contributed by atoms with E-state index in [0.29, 0.717) is 28.1 Å². The lowest BCUT2D eigenvalue weighted by Gasteiger charge is -2.18. The van der Waals surface area contributed by atoms with Gasteiger partial charge in [0.05, 0.1) is 18.0 Å². The van der Waals surface area contributed by atoms with Crippen LogP contribution in [0.5, 0.6) is 0 Å². The first-order chi connectivity index (χ1) is 10.4. The molecule has 6 heteroatoms. The molecule has 2 aromatic rings. The van der Waals surface area contributed by atoms with E-state index in [4.69, 9.17) is 5.73 Å². The van der Waals surface area contributed by atoms with Crippen molar-refractivity contribution < 1.29 is 18.0 Å². The molecule has 1 aliphatic heterocycles. The van der Waals surface area contributed by atoms with Crippen molar-refractivity contribution in [3.05, 3.63) is 48.0 Å². The van der Waals surface area contributed by atoms with Crippen LogP contribution in [0.15, 0.2) is 42.5 Å². The molecule has 0 fully saturated rings. The van der Waals surface area contributed by atoms with Crippen molar-refractivity contribution in [2.75, 3.05) is 11.1 Å². The van der Waals surface area contributed by atoms with Crippen LogP contribution in [0, 0.1) is 0 Å². The zero-order valence-electron chi connectivity index (χ0n) is 11.4. The maximum absolute atomic E-state index is 12.8. The molecule has 0 aromatic heterocycles. The summed E-state index contributed by atoms with van der Waals surface area (Å²) in [7, 11) is 0. The molecular weight excluding hydrogens is 293 g/mol. The minimum absolute atomic E-state index is 0.342. The van der Waals surface area contributed by atoms with Gasteiger partial charge in [0.25, 0.3) is 0 Å². The quantitative estimate of drug-likeness (QED) is 0.784. The number of hydrogen-bond donors (Lipinski definition) is 2. The Balaban J connectivity index is 2.22. The van der Waals surface area contributed by atoms with E-state index in [1.165, 1.54) is 0 Å². The van der Waals surface area contributed by atoms with Gasteiger partial charge < -0.3 is 11.1 Å². The van der Waals surface area contributed by atoms with Crippen molar-refractivity contribution in [1.82, 2.24) is 0 Å². The molecule has 0 bridgehead atoms. The molecule has 1 heterocycles. The first-order valence-corrected chi connectivity index (χ1v) is 6.72. The minimum Gasteiger partial charge on any atom is -0.398 e. The number of nitrogen functional groups attached to an aromatic ring is 1. The lowest BCUT2D eigenvalue weighted by Crippen LogP contribution is -2.25. The number of amides is 1. The van der Waals surface area contributed by atoms with E-state index in [9.17, 15) is 18.0 Å². The molecule has 114 valence electrons. The molecule has 0 aliphatic carbocycles. The Labute approximate surface area is 124 Å². The predicted molar refractivity (Wildman–Crippen MR) is 78.3 cm³/mol. The van der Waals surface area contributed by atoms with E-state index >= 15 is 0 Å². The zero-order valence-corrected chi connectivity index (χ0v) is 11.4. The van der Waals surface area contributed by atoms with Gasteiger partial charge in [0, 0.05) is 11.3 Å². The highest BCUT2D eigenvalue weighted by Gasteiger charge is 2.39. The summed E-state index contributed by atoms with van der Waals surface area (Å²) in [5.41, 5.74) is 8.28. The highest BCUT2D eigenvalue weighted by atomic mass is 19.4. The molecular formula is C16H13F3N2O. The van der Waals surface area contributed by atoms with Crippen LogP contribution < -0.4 is 11.1 Å². The molecule has 1 aliphatic rings. The van der Waals surface area contributed by atoms with Crippen LogP contribution in [0.3, 0.4) is 0 Å². The van der Waals surface area contributed by atoms with Gasteiger partial charge in [-0.05, 0) is 23.3 Å². The first kappa shape index (κ1) is 14.4. The van der Waals surface area contributed by atoms with Gasteiger partial charge in [0.15, 0.2) is 0 Å². The third kappa shape index (κ3) is 2.52. The van der Waals surface area contributed by atoms with Gasteiger partial charge in [-0.2, -0.15) is 13.2 Å². The number of carbonyl (C=O) groups is 1. The summed E-state index contributed by atoms with van der Waals surface area (Å²) in [6, 6.07) is 11.5. The molecule has 1 atom stereocenters. The van der Waals surface area contributed by atoms with Crippen LogP contribution in [0.1, 0.15) is 17.9 Å². The lowest BCUT2D eigenvalue weighted by atomic mass is 9.88. The van der Waals surface area contributed by atoms with E-state index in [1.807, 2.05) is 0 Å². The summed E-state index contributed by atoms with van der Waals surface area (Å²) in [6.45, 7) is 0. The van der Waals surface area contributed by atoms with Gasteiger partial charge in [0.2, 0.25) is 5.91 Å². The van der Waals surface area contributed by atoms with Crippen molar-refractivity contribution in [3.8, 4) is 11.1 Å². The number of rotatable bonds is 1. The Morgan fingerprint density at radius 2 is 1.82 bits per heavy atom. The molecule has 2 aromatic carbocycles. The smallest absolute Gasteiger partial charge is 0.390 e. The fourth-order valence-electron chi connectivity index (χ4n) is 2.80. The average molecular weight is 306 g/mol. The van der Waals surface area contributed by atoms with Crippen LogP contribution in [0.2, 0.25) is 0 Å². The van der Waals surface area contributed by atoms with Crippen LogP contribution in [-0.4, -0.2) is 12.1 Å². The maximum atomic E-state index is 12.8. The summed E-state index contributed by atoms with van der Waals surface area (Å²) in [5, 5.41) is 2.56. The molecule has 1 unspecified atom stereocenters. The fraction of sp³-hybridized carbons (Fsp3) is 0.188. The molecule has 0 spiro atoms. The average Bonchev–Trinajstić information content (AvgIpc) is 2.55. The summed E-state index contributed by atoms with van der Waals surface area (Å²) in [5.74, 6) is -1.96. The summed E-state index contributed by atoms with van der Waals surface area (Å²) < 4.78 is 38.5. The Kier molecular flexibility index (Phi) is 3.31. The van der Waals surface area contributed by atoms with E-state index < -0.39 is 24.4 Å². The van der Waals surface area contributed by atoms with Crippen molar-refractivity contribution in [1.29, 1.82) is 0 Å².